The Morgan fingerprint density at radius 1 is 1.42 bits per heavy atom. The number of nitrogens with zero attached hydrogens (tertiary/aromatic N) is 1. The first kappa shape index (κ1) is 12.0. The predicted molar refractivity (Wildman–Crippen MR) is 71.4 cm³/mol. The first-order valence-corrected chi connectivity index (χ1v) is 6.39. The molecule has 1 fully saturated rings. The summed E-state index contributed by atoms with van der Waals surface area (Å²) in [7, 11) is 1.61. The first-order chi connectivity index (χ1) is 9.29. The molecule has 3 nitrogen and oxygen atoms in total. The lowest BCUT2D eigenvalue weighted by molar-refractivity contribution is 0.0511. The van der Waals surface area contributed by atoms with Gasteiger partial charge in [0.2, 0.25) is 0 Å². The molecule has 0 heterocycles. The van der Waals surface area contributed by atoms with E-state index in [4.69, 9.17) is 14.7 Å². The summed E-state index contributed by atoms with van der Waals surface area (Å²) in [5, 5.41) is 8.69. The van der Waals surface area contributed by atoms with Crippen LogP contribution in [-0.2, 0) is 11.2 Å². The minimum Gasteiger partial charge on any atom is -0.468 e. The van der Waals surface area contributed by atoms with Crippen LogP contribution in [0.25, 0.3) is 5.57 Å². The zero-order valence-electron chi connectivity index (χ0n) is 10.9. The fraction of sp³-hybridized carbons (Fsp3) is 0.375. The third-order valence-corrected chi connectivity index (χ3v) is 3.88. The molecule has 0 amide bonds. The van der Waals surface area contributed by atoms with Crippen LogP contribution in [-0.4, -0.2) is 13.9 Å². The summed E-state index contributed by atoms with van der Waals surface area (Å²) in [5.41, 5.74) is 7.12. The smallest absolute Gasteiger partial charge is 0.188 e. The van der Waals surface area contributed by atoms with Gasteiger partial charge in [-0.05, 0) is 42.5 Å². The molecule has 1 aromatic rings. The van der Waals surface area contributed by atoms with Crippen molar-refractivity contribution in [3.05, 3.63) is 41.1 Å². The Hall–Kier alpha value is -2.01. The Balaban J connectivity index is 1.97. The quantitative estimate of drug-likeness (QED) is 0.472. The van der Waals surface area contributed by atoms with E-state index < -0.39 is 0 Å². The fourth-order valence-electron chi connectivity index (χ4n) is 2.83. The molecule has 0 bridgehead atoms. The van der Waals surface area contributed by atoms with Crippen molar-refractivity contribution in [2.75, 3.05) is 13.9 Å². The van der Waals surface area contributed by atoms with Gasteiger partial charge in [-0.3, -0.25) is 0 Å². The number of benzene rings is 1. The Bertz CT molecular complexity index is 614. The van der Waals surface area contributed by atoms with Crippen molar-refractivity contribution in [3.63, 3.8) is 0 Å². The van der Waals surface area contributed by atoms with Crippen molar-refractivity contribution in [3.8, 4) is 11.8 Å². The van der Waals surface area contributed by atoms with Crippen molar-refractivity contribution in [1.82, 2.24) is 0 Å². The number of methoxy groups -OCH3 is 1. The van der Waals surface area contributed by atoms with Gasteiger partial charge in [-0.2, -0.15) is 5.26 Å². The lowest BCUT2D eigenvalue weighted by atomic mass is 9.98. The molecule has 0 saturated heterocycles. The van der Waals surface area contributed by atoms with E-state index in [0.29, 0.717) is 0 Å². The Kier molecular flexibility index (Phi) is 2.91. The molecule has 3 heteroatoms. The molecule has 0 N–H and O–H groups in total. The molecule has 19 heavy (non-hydrogen) atoms. The summed E-state index contributed by atoms with van der Waals surface area (Å²) in [6, 6.07) is 8.13. The molecule has 3 rings (SSSR count). The maximum Gasteiger partial charge on any atom is 0.188 e. The second kappa shape index (κ2) is 4.59. The molecule has 0 aliphatic heterocycles. The van der Waals surface area contributed by atoms with Crippen molar-refractivity contribution in [2.45, 2.75) is 19.3 Å². The standard InChI is InChI=1S/C16H15NO2/c1-18-11-19-13-4-5-14-12(9-13)10-16(6-7-16)15(14)3-2-8-17/h2,4-5,9H,6-7,10-11H2,1H3. The zero-order valence-corrected chi connectivity index (χ0v) is 10.9. The summed E-state index contributed by atoms with van der Waals surface area (Å²) in [4.78, 5) is 0. The molecule has 96 valence electrons. The molecule has 0 unspecified atom stereocenters. The predicted octanol–water partition coefficient (Wildman–Crippen LogP) is 3.07. The van der Waals surface area contributed by atoms with Crippen molar-refractivity contribution in [1.29, 1.82) is 5.26 Å². The lowest BCUT2D eigenvalue weighted by Gasteiger charge is -2.06. The van der Waals surface area contributed by atoms with E-state index in [1.54, 1.807) is 7.11 Å². The van der Waals surface area contributed by atoms with Gasteiger partial charge in [0, 0.05) is 18.1 Å². The number of fused-ring (bicyclic) bond motifs is 1. The lowest BCUT2D eigenvalue weighted by Crippen LogP contribution is -1.99. The summed E-state index contributed by atoms with van der Waals surface area (Å²) >= 11 is 0. The van der Waals surface area contributed by atoms with Gasteiger partial charge in [0.05, 0.1) is 12.1 Å². The fourth-order valence-corrected chi connectivity index (χ4v) is 2.83. The van der Waals surface area contributed by atoms with Crippen molar-refractivity contribution in [2.24, 2.45) is 5.41 Å². The second-order valence-corrected chi connectivity index (χ2v) is 5.12. The Morgan fingerprint density at radius 3 is 2.95 bits per heavy atom. The van der Waals surface area contributed by atoms with Gasteiger partial charge in [-0.25, -0.2) is 0 Å². The van der Waals surface area contributed by atoms with Gasteiger partial charge in [0.15, 0.2) is 6.79 Å². The van der Waals surface area contributed by atoms with Crippen LogP contribution in [0.4, 0.5) is 0 Å². The number of allylic oxidation sites excluding steroid dienone is 1. The van der Waals surface area contributed by atoms with Gasteiger partial charge < -0.3 is 9.47 Å². The van der Waals surface area contributed by atoms with E-state index in [0.717, 1.165) is 12.2 Å². The monoisotopic (exact) mass is 253 g/mol. The molecule has 2 aliphatic carbocycles. The minimum absolute atomic E-state index is 0.246. The highest BCUT2D eigenvalue weighted by Crippen LogP contribution is 2.62. The first-order valence-electron chi connectivity index (χ1n) is 6.39. The molecular weight excluding hydrogens is 238 g/mol. The van der Waals surface area contributed by atoms with Crippen LogP contribution in [0.5, 0.6) is 5.75 Å². The number of hydrogen-bond acceptors (Lipinski definition) is 3. The summed E-state index contributed by atoms with van der Waals surface area (Å²) in [6.07, 6.45) is 4.88. The minimum atomic E-state index is 0.246. The largest absolute Gasteiger partial charge is 0.468 e. The average Bonchev–Trinajstić information content (AvgIpc) is 3.11. The van der Waals surface area contributed by atoms with Crippen molar-refractivity contribution >= 4 is 5.57 Å². The molecule has 1 spiro atoms. The zero-order chi connectivity index (χ0) is 13.3. The van der Waals surface area contributed by atoms with E-state index in [1.807, 2.05) is 12.1 Å². The van der Waals surface area contributed by atoms with Gasteiger partial charge in [0.25, 0.3) is 0 Å². The highest BCUT2D eigenvalue weighted by molar-refractivity contribution is 5.79. The molecule has 0 aromatic heterocycles. The SMILES string of the molecule is COCOc1ccc2c(c1)CC1(CC1)C2=C=CC#N. The van der Waals surface area contributed by atoms with E-state index in [1.165, 1.54) is 35.6 Å². The van der Waals surface area contributed by atoms with Crippen LogP contribution in [0.1, 0.15) is 24.0 Å². The van der Waals surface area contributed by atoms with Crippen LogP contribution in [0.15, 0.2) is 30.0 Å². The average molecular weight is 253 g/mol. The molecular formula is C16H15NO2. The van der Waals surface area contributed by atoms with Gasteiger partial charge in [0.1, 0.15) is 5.75 Å². The third kappa shape index (κ3) is 2.06. The third-order valence-electron chi connectivity index (χ3n) is 3.88. The van der Waals surface area contributed by atoms with E-state index in [-0.39, 0.29) is 12.2 Å². The highest BCUT2D eigenvalue weighted by Gasteiger charge is 2.51. The number of nitriles is 1. The van der Waals surface area contributed by atoms with E-state index in [9.17, 15) is 0 Å². The van der Waals surface area contributed by atoms with Crippen LogP contribution in [0.2, 0.25) is 0 Å². The van der Waals surface area contributed by atoms with Crippen LogP contribution < -0.4 is 4.74 Å². The van der Waals surface area contributed by atoms with E-state index in [2.05, 4.69) is 17.9 Å². The normalized spacial score (nSPS) is 17.6. The maximum atomic E-state index is 8.69. The maximum absolute atomic E-state index is 8.69. The second-order valence-electron chi connectivity index (χ2n) is 5.12. The molecule has 1 aromatic carbocycles. The number of rotatable bonds is 3. The Labute approximate surface area is 112 Å². The highest BCUT2D eigenvalue weighted by atomic mass is 16.7. The van der Waals surface area contributed by atoms with Crippen LogP contribution in [0.3, 0.4) is 0 Å². The van der Waals surface area contributed by atoms with E-state index >= 15 is 0 Å². The van der Waals surface area contributed by atoms with Crippen LogP contribution in [0, 0.1) is 16.7 Å². The molecule has 0 atom stereocenters. The molecule has 2 aliphatic rings. The van der Waals surface area contributed by atoms with Gasteiger partial charge in [-0.1, -0.05) is 6.07 Å². The van der Waals surface area contributed by atoms with Gasteiger partial charge >= 0.3 is 0 Å². The number of ether oxygens (including phenoxy) is 2. The summed E-state index contributed by atoms with van der Waals surface area (Å²) < 4.78 is 10.4. The molecule has 1 saturated carbocycles. The van der Waals surface area contributed by atoms with Crippen molar-refractivity contribution < 1.29 is 9.47 Å². The molecule has 0 radical (unpaired) electrons. The number of hydrogen-bond donors (Lipinski definition) is 0. The summed E-state index contributed by atoms with van der Waals surface area (Å²) in [5.74, 6) is 0.835. The summed E-state index contributed by atoms with van der Waals surface area (Å²) in [6.45, 7) is 0.265. The van der Waals surface area contributed by atoms with Gasteiger partial charge in [-0.15, -0.1) is 5.73 Å². The van der Waals surface area contributed by atoms with Crippen LogP contribution >= 0.6 is 0 Å². The Morgan fingerprint density at radius 2 is 2.26 bits per heavy atom. The topological polar surface area (TPSA) is 42.2 Å².